The first kappa shape index (κ1) is 32.1. The molecular formula is C41H37N5O2S. The molecule has 2 atom stereocenters. The second-order valence-electron chi connectivity index (χ2n) is 12.6. The molecule has 0 radical (unpaired) electrons. The van der Waals surface area contributed by atoms with Crippen molar-refractivity contribution < 1.29 is 8.42 Å². The van der Waals surface area contributed by atoms with E-state index >= 15 is 0 Å². The van der Waals surface area contributed by atoms with E-state index in [0.29, 0.717) is 18.5 Å². The number of aromatic nitrogens is 2. The van der Waals surface area contributed by atoms with Gasteiger partial charge in [0.05, 0.1) is 47.6 Å². The third kappa shape index (κ3) is 6.15. The monoisotopic (exact) mass is 663 g/mol. The van der Waals surface area contributed by atoms with Gasteiger partial charge < -0.3 is 9.88 Å². The smallest absolute Gasteiger partial charge is 0.211 e. The normalized spacial score (nSPS) is 15.9. The van der Waals surface area contributed by atoms with Gasteiger partial charge in [0.2, 0.25) is 10.0 Å². The molecule has 1 unspecified atom stereocenters. The molecule has 0 saturated heterocycles. The van der Waals surface area contributed by atoms with Crippen molar-refractivity contribution in [2.75, 3.05) is 17.7 Å². The second kappa shape index (κ2) is 13.6. The van der Waals surface area contributed by atoms with Crippen molar-refractivity contribution in [3.05, 3.63) is 191 Å². The summed E-state index contributed by atoms with van der Waals surface area (Å²) in [4.78, 5) is 10.4. The molecule has 6 aromatic rings. The quantitative estimate of drug-likeness (QED) is 0.165. The SMILES string of the molecule is CS(=O)(=O)N1Cc2cc(C#N)ccc2N(C(c2cnc[nH]2)C(c2ccccc2)(c2ccccc2)c2ccccc2)C[C@H]1Cc1ccccc1. The number of benzene rings is 5. The van der Waals surface area contributed by atoms with Crippen molar-refractivity contribution in [3.8, 4) is 6.07 Å². The molecule has 1 N–H and O–H groups in total. The topological polar surface area (TPSA) is 93.1 Å². The maximum absolute atomic E-state index is 13.7. The van der Waals surface area contributed by atoms with Crippen LogP contribution in [0.1, 0.15) is 45.1 Å². The molecule has 1 aliphatic rings. The maximum Gasteiger partial charge on any atom is 0.211 e. The largest absolute Gasteiger partial charge is 0.359 e. The fourth-order valence-corrected chi connectivity index (χ4v) is 8.64. The van der Waals surface area contributed by atoms with Crippen molar-refractivity contribution in [1.82, 2.24) is 14.3 Å². The number of rotatable bonds is 9. The Morgan fingerprint density at radius 1 is 0.837 bits per heavy atom. The highest BCUT2D eigenvalue weighted by molar-refractivity contribution is 7.88. The Morgan fingerprint density at radius 3 is 1.88 bits per heavy atom. The van der Waals surface area contributed by atoms with Gasteiger partial charge in [-0.25, -0.2) is 13.4 Å². The molecule has 0 aliphatic carbocycles. The highest BCUT2D eigenvalue weighted by Gasteiger charge is 2.50. The van der Waals surface area contributed by atoms with E-state index in [4.69, 9.17) is 0 Å². The molecule has 8 heteroatoms. The van der Waals surface area contributed by atoms with Crippen LogP contribution in [-0.2, 0) is 28.4 Å². The number of nitrogens with zero attached hydrogens (tertiary/aromatic N) is 4. The maximum atomic E-state index is 13.7. The number of hydrogen-bond donors (Lipinski definition) is 1. The molecule has 0 spiro atoms. The molecule has 244 valence electrons. The van der Waals surface area contributed by atoms with Crippen LogP contribution in [0.2, 0.25) is 0 Å². The Morgan fingerprint density at radius 2 is 1.39 bits per heavy atom. The summed E-state index contributed by atoms with van der Waals surface area (Å²) >= 11 is 0. The number of imidazole rings is 1. The molecule has 5 aromatic carbocycles. The summed E-state index contributed by atoms with van der Waals surface area (Å²) in [6.45, 7) is 0.515. The Hall–Kier alpha value is -5.49. The fraction of sp³-hybridized carbons (Fsp3) is 0.171. The lowest BCUT2D eigenvalue weighted by molar-refractivity contribution is 0.309. The molecule has 7 rings (SSSR count). The molecule has 0 amide bonds. The summed E-state index contributed by atoms with van der Waals surface area (Å²) in [5.74, 6) is 0. The minimum atomic E-state index is -3.67. The first-order valence-corrected chi connectivity index (χ1v) is 18.2. The first-order valence-electron chi connectivity index (χ1n) is 16.3. The fourth-order valence-electron chi connectivity index (χ4n) is 7.59. The minimum absolute atomic E-state index is 0.141. The first-order chi connectivity index (χ1) is 23.9. The van der Waals surface area contributed by atoms with Crippen molar-refractivity contribution in [1.29, 1.82) is 5.26 Å². The Labute approximate surface area is 288 Å². The van der Waals surface area contributed by atoms with E-state index in [1.54, 1.807) is 10.6 Å². The predicted molar refractivity (Wildman–Crippen MR) is 193 cm³/mol. The second-order valence-corrected chi connectivity index (χ2v) is 14.5. The summed E-state index contributed by atoms with van der Waals surface area (Å²) in [6, 6.07) is 48.6. The lowest BCUT2D eigenvalue weighted by Crippen LogP contribution is -2.51. The third-order valence-corrected chi connectivity index (χ3v) is 10.9. The van der Waals surface area contributed by atoms with E-state index in [1.165, 1.54) is 6.26 Å². The highest BCUT2D eigenvalue weighted by Crippen LogP contribution is 2.53. The molecule has 1 aliphatic heterocycles. The van der Waals surface area contributed by atoms with Crippen LogP contribution in [0.5, 0.6) is 0 Å². The Balaban J connectivity index is 1.57. The van der Waals surface area contributed by atoms with E-state index in [9.17, 15) is 13.7 Å². The van der Waals surface area contributed by atoms with Crippen LogP contribution in [0.25, 0.3) is 0 Å². The van der Waals surface area contributed by atoms with Crippen LogP contribution < -0.4 is 4.90 Å². The van der Waals surface area contributed by atoms with E-state index in [2.05, 4.69) is 93.7 Å². The van der Waals surface area contributed by atoms with Gasteiger partial charge in [0.1, 0.15) is 0 Å². The van der Waals surface area contributed by atoms with Crippen molar-refractivity contribution in [2.24, 2.45) is 0 Å². The highest BCUT2D eigenvalue weighted by atomic mass is 32.2. The van der Waals surface area contributed by atoms with Crippen LogP contribution in [0, 0.1) is 11.3 Å². The van der Waals surface area contributed by atoms with Crippen LogP contribution in [0.4, 0.5) is 5.69 Å². The molecule has 2 heterocycles. The van der Waals surface area contributed by atoms with Gasteiger partial charge in [0.15, 0.2) is 0 Å². The predicted octanol–water partition coefficient (Wildman–Crippen LogP) is 7.25. The van der Waals surface area contributed by atoms with Gasteiger partial charge in [-0.05, 0) is 52.4 Å². The summed E-state index contributed by atoms with van der Waals surface area (Å²) in [7, 11) is -3.67. The summed E-state index contributed by atoms with van der Waals surface area (Å²) in [6.07, 6.45) is 5.37. The van der Waals surface area contributed by atoms with Crippen LogP contribution >= 0.6 is 0 Å². The van der Waals surface area contributed by atoms with Gasteiger partial charge in [-0.3, -0.25) is 0 Å². The van der Waals surface area contributed by atoms with Gasteiger partial charge in [-0.15, -0.1) is 0 Å². The molecule has 1 aromatic heterocycles. The number of hydrogen-bond acceptors (Lipinski definition) is 5. The van der Waals surface area contributed by atoms with Crippen molar-refractivity contribution in [3.63, 3.8) is 0 Å². The number of nitrogens with one attached hydrogen (secondary N) is 1. The standard InChI is InChI=1S/C41H37N5O2S/c1-49(47,48)46-28-33-24-32(26-42)22-23-39(33)45(29-37(46)25-31-14-6-2-7-15-31)40(38-27-43-30-44-38)41(34-16-8-3-9-17-34,35-18-10-4-11-19-35)36-20-12-5-13-21-36/h2-24,27,30,37,40H,25,28-29H2,1H3,(H,43,44)/t37-,40?/m1/s1. The zero-order valence-electron chi connectivity index (χ0n) is 27.2. The average Bonchev–Trinajstić information content (AvgIpc) is 3.62. The van der Waals surface area contributed by atoms with Crippen molar-refractivity contribution >= 4 is 15.7 Å². The summed E-state index contributed by atoms with van der Waals surface area (Å²) < 4.78 is 29.0. The zero-order valence-corrected chi connectivity index (χ0v) is 28.0. The Kier molecular flexibility index (Phi) is 8.87. The summed E-state index contributed by atoms with van der Waals surface area (Å²) in [5.41, 5.74) is 6.46. The zero-order chi connectivity index (χ0) is 33.8. The molecule has 0 bridgehead atoms. The Bertz CT molecular complexity index is 2060. The molecule has 7 nitrogen and oxygen atoms in total. The van der Waals surface area contributed by atoms with Gasteiger partial charge in [0, 0.05) is 24.8 Å². The van der Waals surface area contributed by atoms with Crippen molar-refractivity contribution in [2.45, 2.75) is 30.5 Å². The van der Waals surface area contributed by atoms with E-state index in [-0.39, 0.29) is 6.54 Å². The number of sulfonamides is 1. The van der Waals surface area contributed by atoms with Gasteiger partial charge in [-0.1, -0.05) is 121 Å². The third-order valence-electron chi connectivity index (χ3n) is 9.62. The number of H-pyrrole nitrogens is 1. The lowest BCUT2D eigenvalue weighted by atomic mass is 9.63. The van der Waals surface area contributed by atoms with Crippen LogP contribution in [0.15, 0.2) is 152 Å². The average molecular weight is 664 g/mol. The molecule has 0 fully saturated rings. The van der Waals surface area contributed by atoms with Gasteiger partial charge in [-0.2, -0.15) is 9.57 Å². The number of nitriles is 1. The van der Waals surface area contributed by atoms with Crippen LogP contribution in [-0.4, -0.2) is 41.5 Å². The number of aromatic amines is 1. The van der Waals surface area contributed by atoms with Gasteiger partial charge in [0.25, 0.3) is 0 Å². The van der Waals surface area contributed by atoms with E-state index in [0.717, 1.165) is 39.2 Å². The van der Waals surface area contributed by atoms with Gasteiger partial charge >= 0.3 is 0 Å². The van der Waals surface area contributed by atoms with E-state index < -0.39 is 27.5 Å². The van der Waals surface area contributed by atoms with Crippen LogP contribution in [0.3, 0.4) is 0 Å². The minimum Gasteiger partial charge on any atom is -0.359 e. The van der Waals surface area contributed by atoms with E-state index in [1.807, 2.05) is 72.9 Å². The number of fused-ring (bicyclic) bond motifs is 1. The molecule has 49 heavy (non-hydrogen) atoms. The summed E-state index contributed by atoms with van der Waals surface area (Å²) in [5, 5.41) is 9.97. The number of anilines is 1. The molecule has 0 saturated carbocycles. The lowest BCUT2D eigenvalue weighted by Gasteiger charge is -2.49. The molecular weight excluding hydrogens is 627 g/mol.